The molecule has 0 radical (unpaired) electrons. The van der Waals surface area contributed by atoms with Gasteiger partial charge in [-0.3, -0.25) is 9.78 Å². The van der Waals surface area contributed by atoms with Gasteiger partial charge < -0.3 is 16.0 Å². The number of amidine groups is 1. The highest BCUT2D eigenvalue weighted by Gasteiger charge is 2.26. The number of nitrogens with two attached hydrogens (primary N) is 1. The number of hydrogen-bond acceptors (Lipinski definition) is 10. The molecule has 0 heterocycles. The van der Waals surface area contributed by atoms with Crippen LogP contribution in [0, 0.1) is 0 Å². The lowest BCUT2D eigenvalue weighted by Crippen LogP contribution is -2.27. The Morgan fingerprint density at radius 1 is 1.03 bits per heavy atom. The predicted octanol–water partition coefficient (Wildman–Crippen LogP) is 2.15. The maximum atomic E-state index is 13.4. The molecule has 0 atom stereocenters. The van der Waals surface area contributed by atoms with Crippen molar-refractivity contribution in [1.82, 2.24) is 4.72 Å². The lowest BCUT2D eigenvalue weighted by atomic mass is 10.1. The van der Waals surface area contributed by atoms with Crippen LogP contribution in [-0.4, -0.2) is 51.3 Å². The summed E-state index contributed by atoms with van der Waals surface area (Å²) in [7, 11) is -8.37. The number of oxime groups is 1. The van der Waals surface area contributed by atoms with E-state index < -0.39 is 42.2 Å². The standard InChI is InChI=1S/C24H25N3O9S2/c1-16(28)35-36-21-10-5-9-19(17-7-3-2-4-8-17)23(21)37(31,32)14-6-13-26-38(33,34)22-15-18(24(25)27-30)11-12-20(22)29/h2-5,7-12,15,26,29-30H,6,13-14H2,1H3,(H2,25,27). The molecule has 3 aromatic carbocycles. The number of phenolic OH excluding ortho intramolecular Hbond substituents is 1. The van der Waals surface area contributed by atoms with Gasteiger partial charge in [0.2, 0.25) is 10.0 Å². The average Bonchev–Trinajstić information content (AvgIpc) is 2.90. The van der Waals surface area contributed by atoms with E-state index in [0.717, 1.165) is 19.1 Å². The number of phenols is 1. The van der Waals surface area contributed by atoms with E-state index in [1.54, 1.807) is 42.5 Å². The Kier molecular flexibility index (Phi) is 8.93. The molecule has 0 aliphatic carbocycles. The van der Waals surface area contributed by atoms with E-state index in [0.29, 0.717) is 11.1 Å². The van der Waals surface area contributed by atoms with Crippen LogP contribution in [0.1, 0.15) is 18.9 Å². The number of benzene rings is 3. The van der Waals surface area contributed by atoms with Crippen molar-refractivity contribution < 1.29 is 41.7 Å². The van der Waals surface area contributed by atoms with Crippen molar-refractivity contribution in [1.29, 1.82) is 0 Å². The molecule has 202 valence electrons. The fourth-order valence-electron chi connectivity index (χ4n) is 3.45. The third-order valence-electron chi connectivity index (χ3n) is 5.16. The Morgan fingerprint density at radius 3 is 2.39 bits per heavy atom. The molecular formula is C24H25N3O9S2. The largest absolute Gasteiger partial charge is 0.507 e. The molecular weight excluding hydrogens is 538 g/mol. The Morgan fingerprint density at radius 2 is 1.74 bits per heavy atom. The van der Waals surface area contributed by atoms with Gasteiger partial charge in [-0.2, -0.15) is 0 Å². The highest BCUT2D eigenvalue weighted by molar-refractivity contribution is 7.91. The Balaban J connectivity index is 1.83. The second-order valence-corrected chi connectivity index (χ2v) is 11.7. The van der Waals surface area contributed by atoms with Crippen molar-refractivity contribution in [2.45, 2.75) is 23.1 Å². The smallest absolute Gasteiger partial charge is 0.352 e. The van der Waals surface area contributed by atoms with Gasteiger partial charge in [-0.05, 0) is 36.2 Å². The lowest BCUT2D eigenvalue weighted by molar-refractivity contribution is -0.211. The summed E-state index contributed by atoms with van der Waals surface area (Å²) in [5, 5.41) is 21.6. The van der Waals surface area contributed by atoms with E-state index in [1.165, 1.54) is 12.1 Å². The molecule has 0 saturated heterocycles. The molecule has 3 rings (SSSR count). The van der Waals surface area contributed by atoms with Gasteiger partial charge in [0.1, 0.15) is 15.5 Å². The summed E-state index contributed by atoms with van der Waals surface area (Å²) < 4.78 is 54.5. The number of carbonyl (C=O) groups excluding carboxylic acids is 1. The van der Waals surface area contributed by atoms with Crippen LogP contribution in [-0.2, 0) is 29.5 Å². The van der Waals surface area contributed by atoms with Crippen LogP contribution in [0.4, 0.5) is 0 Å². The van der Waals surface area contributed by atoms with Gasteiger partial charge in [-0.25, -0.2) is 26.4 Å². The van der Waals surface area contributed by atoms with Crippen molar-refractivity contribution in [3.63, 3.8) is 0 Å². The Bertz CT molecular complexity index is 1560. The summed E-state index contributed by atoms with van der Waals surface area (Å²) in [6, 6.07) is 16.4. The van der Waals surface area contributed by atoms with Crippen molar-refractivity contribution in [3.05, 3.63) is 72.3 Å². The third kappa shape index (κ3) is 6.79. The highest BCUT2D eigenvalue weighted by atomic mass is 32.2. The zero-order valence-electron chi connectivity index (χ0n) is 20.1. The van der Waals surface area contributed by atoms with Gasteiger partial charge in [0, 0.05) is 24.6 Å². The number of hydrogen-bond donors (Lipinski definition) is 4. The van der Waals surface area contributed by atoms with Crippen molar-refractivity contribution in [2.24, 2.45) is 10.9 Å². The number of sulfonamides is 1. The molecule has 0 amide bonds. The molecule has 0 fully saturated rings. The van der Waals surface area contributed by atoms with Crippen molar-refractivity contribution in [3.8, 4) is 22.6 Å². The van der Waals surface area contributed by atoms with E-state index in [-0.39, 0.29) is 35.0 Å². The summed E-state index contributed by atoms with van der Waals surface area (Å²) in [4.78, 5) is 20.1. The summed E-state index contributed by atoms with van der Waals surface area (Å²) in [5.74, 6) is -2.43. The summed E-state index contributed by atoms with van der Waals surface area (Å²) in [6.45, 7) is 0.794. The molecule has 0 aromatic heterocycles. The molecule has 38 heavy (non-hydrogen) atoms. The number of rotatable bonds is 11. The monoisotopic (exact) mass is 563 g/mol. The maximum Gasteiger partial charge on any atom is 0.352 e. The topological polar surface area (TPSA) is 195 Å². The highest BCUT2D eigenvalue weighted by Crippen LogP contribution is 2.36. The molecule has 0 bridgehead atoms. The minimum Gasteiger partial charge on any atom is -0.507 e. The van der Waals surface area contributed by atoms with Crippen LogP contribution >= 0.6 is 0 Å². The quantitative estimate of drug-likeness (QED) is 0.0670. The Hall–Kier alpha value is -4.14. The van der Waals surface area contributed by atoms with Gasteiger partial charge in [-0.1, -0.05) is 47.6 Å². The Labute approximate surface area is 219 Å². The molecule has 3 aromatic rings. The fraction of sp³-hybridized carbons (Fsp3) is 0.167. The maximum absolute atomic E-state index is 13.4. The third-order valence-corrected chi connectivity index (χ3v) is 8.52. The summed E-state index contributed by atoms with van der Waals surface area (Å²) in [6.07, 6.45) is -0.154. The van der Waals surface area contributed by atoms with Crippen LogP contribution < -0.4 is 15.3 Å². The van der Waals surface area contributed by atoms with Crippen LogP contribution in [0.5, 0.6) is 11.5 Å². The van der Waals surface area contributed by atoms with E-state index in [1.807, 2.05) is 0 Å². The van der Waals surface area contributed by atoms with E-state index in [2.05, 4.69) is 14.8 Å². The second kappa shape index (κ2) is 11.9. The summed E-state index contributed by atoms with van der Waals surface area (Å²) in [5.41, 5.74) is 6.41. The van der Waals surface area contributed by atoms with Crippen LogP contribution in [0.25, 0.3) is 11.1 Å². The van der Waals surface area contributed by atoms with Gasteiger partial charge in [0.25, 0.3) is 0 Å². The number of aromatic hydroxyl groups is 1. The lowest BCUT2D eigenvalue weighted by Gasteiger charge is -2.15. The molecule has 5 N–H and O–H groups in total. The minimum absolute atomic E-state index is 0.0473. The number of nitrogens with one attached hydrogen (secondary N) is 1. The van der Waals surface area contributed by atoms with E-state index >= 15 is 0 Å². The molecule has 0 aliphatic heterocycles. The molecule has 0 saturated carbocycles. The molecule has 0 spiro atoms. The van der Waals surface area contributed by atoms with Gasteiger partial charge in [0.15, 0.2) is 21.4 Å². The van der Waals surface area contributed by atoms with Crippen molar-refractivity contribution in [2.75, 3.05) is 12.3 Å². The minimum atomic E-state index is -4.28. The van der Waals surface area contributed by atoms with Gasteiger partial charge in [0.05, 0.1) is 5.75 Å². The first-order valence-corrected chi connectivity index (χ1v) is 14.2. The van der Waals surface area contributed by atoms with Crippen LogP contribution in [0.3, 0.4) is 0 Å². The zero-order chi connectivity index (χ0) is 27.9. The first kappa shape index (κ1) is 28.4. The number of nitrogens with zero attached hydrogens (tertiary/aromatic N) is 1. The van der Waals surface area contributed by atoms with E-state index in [4.69, 9.17) is 15.8 Å². The number of sulfone groups is 1. The molecule has 14 heteroatoms. The van der Waals surface area contributed by atoms with E-state index in [9.17, 15) is 26.7 Å². The first-order chi connectivity index (χ1) is 18.0. The second-order valence-electron chi connectivity index (χ2n) is 7.90. The van der Waals surface area contributed by atoms with Crippen molar-refractivity contribution >= 4 is 31.7 Å². The first-order valence-electron chi connectivity index (χ1n) is 11.0. The SMILES string of the molecule is CC(=O)OOc1cccc(-c2ccccc2)c1S(=O)(=O)CCCNS(=O)(=O)c1cc(/C(N)=N/O)ccc1O. The zero-order valence-corrected chi connectivity index (χ0v) is 21.7. The molecule has 0 unspecified atom stereocenters. The summed E-state index contributed by atoms with van der Waals surface area (Å²) >= 11 is 0. The van der Waals surface area contributed by atoms with Gasteiger partial charge >= 0.3 is 5.97 Å². The fourth-order valence-corrected chi connectivity index (χ4v) is 6.30. The molecule has 12 nitrogen and oxygen atoms in total. The van der Waals surface area contributed by atoms with Crippen LogP contribution in [0.15, 0.2) is 81.7 Å². The normalized spacial score (nSPS) is 12.2. The predicted molar refractivity (Wildman–Crippen MR) is 137 cm³/mol. The molecule has 0 aliphatic rings. The average molecular weight is 564 g/mol. The number of carbonyl (C=O) groups is 1. The van der Waals surface area contributed by atoms with Gasteiger partial charge in [-0.15, -0.1) is 0 Å². The van der Waals surface area contributed by atoms with Crippen LogP contribution in [0.2, 0.25) is 0 Å².